The van der Waals surface area contributed by atoms with Crippen LogP contribution in [0.2, 0.25) is 0 Å². The number of rotatable bonds is 7. The molecule has 2 heterocycles. The topological polar surface area (TPSA) is 120 Å². The molecule has 0 radical (unpaired) electrons. The lowest BCUT2D eigenvalue weighted by Crippen LogP contribution is -2.51. The highest BCUT2D eigenvalue weighted by atomic mass is 32.2. The zero-order chi connectivity index (χ0) is 31.3. The van der Waals surface area contributed by atoms with Gasteiger partial charge in [0.15, 0.2) is 0 Å². The standard InChI is InChI=1S/C34H37FN4O5S/c35-31-15-26(3-6-30(31)27-14-29(40)20-36-19-27)33(42)39-9-7-38(8-10-39)28-4-1-25(2-5-28)32(41)37-45(43,44)21-34-16-22-11-23(17-34)13-24(12-22)18-34/h1-6,14-15,19-20,22-24,40H,7-13,16-18,21H2,(H,37,41). The number of anilines is 1. The highest BCUT2D eigenvalue weighted by molar-refractivity contribution is 7.90. The SMILES string of the molecule is O=C(NS(=O)(=O)CC12CC3CC(CC(C3)C1)C2)c1ccc(N2CCN(C(=O)c3ccc(-c4cncc(O)c4)c(F)c3)CC2)cc1. The number of hydrogen-bond donors (Lipinski definition) is 2. The van der Waals surface area contributed by atoms with Gasteiger partial charge in [-0.1, -0.05) is 6.07 Å². The fourth-order valence-corrected chi connectivity index (χ4v) is 10.4. The minimum absolute atomic E-state index is 0.0299. The molecule has 9 nitrogen and oxygen atoms in total. The molecule has 45 heavy (non-hydrogen) atoms. The molecule has 8 rings (SSSR count). The smallest absolute Gasteiger partial charge is 0.264 e. The van der Waals surface area contributed by atoms with Gasteiger partial charge in [0.1, 0.15) is 11.6 Å². The lowest BCUT2D eigenvalue weighted by molar-refractivity contribution is -0.0391. The van der Waals surface area contributed by atoms with E-state index in [0.717, 1.165) is 24.9 Å². The fourth-order valence-electron chi connectivity index (χ4n) is 8.74. The predicted molar refractivity (Wildman–Crippen MR) is 168 cm³/mol. The molecule has 2 amide bonds. The number of benzene rings is 2. The largest absolute Gasteiger partial charge is 0.506 e. The normalized spacial score (nSPS) is 25.8. The lowest BCUT2D eigenvalue weighted by atomic mass is 9.50. The number of aromatic nitrogens is 1. The second-order valence-corrected chi connectivity index (χ2v) is 15.3. The summed E-state index contributed by atoms with van der Waals surface area (Å²) in [6.07, 6.45) is 9.30. The van der Waals surface area contributed by atoms with Crippen molar-refractivity contribution in [3.63, 3.8) is 0 Å². The van der Waals surface area contributed by atoms with E-state index in [1.165, 1.54) is 49.9 Å². The van der Waals surface area contributed by atoms with E-state index in [0.29, 0.717) is 49.5 Å². The summed E-state index contributed by atoms with van der Waals surface area (Å²) in [5.74, 6) is 0.422. The molecule has 4 saturated carbocycles. The lowest BCUT2D eigenvalue weighted by Gasteiger charge is -2.56. The van der Waals surface area contributed by atoms with Gasteiger partial charge in [0.2, 0.25) is 10.0 Å². The van der Waals surface area contributed by atoms with Gasteiger partial charge in [-0.05, 0) is 104 Å². The van der Waals surface area contributed by atoms with Crippen LogP contribution in [0, 0.1) is 29.0 Å². The van der Waals surface area contributed by atoms with Crippen LogP contribution in [0.5, 0.6) is 5.75 Å². The van der Waals surface area contributed by atoms with Crippen LogP contribution in [-0.4, -0.2) is 67.2 Å². The fraction of sp³-hybridized carbons (Fsp3) is 0.441. The Morgan fingerprint density at radius 2 is 1.51 bits per heavy atom. The molecule has 2 aromatic carbocycles. The Balaban J connectivity index is 0.934. The summed E-state index contributed by atoms with van der Waals surface area (Å²) in [4.78, 5) is 33.7. The Bertz CT molecular complexity index is 1700. The summed E-state index contributed by atoms with van der Waals surface area (Å²) in [7, 11) is -3.76. The van der Waals surface area contributed by atoms with Crippen molar-refractivity contribution in [1.29, 1.82) is 0 Å². The first-order valence-electron chi connectivity index (χ1n) is 15.7. The average molecular weight is 633 g/mol. The molecule has 236 valence electrons. The van der Waals surface area contributed by atoms with Crippen LogP contribution >= 0.6 is 0 Å². The number of hydrogen-bond acceptors (Lipinski definition) is 7. The first-order chi connectivity index (χ1) is 21.5. The van der Waals surface area contributed by atoms with Gasteiger partial charge in [-0.3, -0.25) is 14.6 Å². The van der Waals surface area contributed by atoms with Crippen molar-refractivity contribution in [2.24, 2.45) is 23.2 Å². The van der Waals surface area contributed by atoms with Gasteiger partial charge in [0, 0.05) is 60.3 Å². The molecule has 0 spiro atoms. The average Bonchev–Trinajstić information content (AvgIpc) is 2.99. The van der Waals surface area contributed by atoms with Crippen LogP contribution < -0.4 is 9.62 Å². The number of halogens is 1. The summed E-state index contributed by atoms with van der Waals surface area (Å²) < 4.78 is 43.4. The van der Waals surface area contributed by atoms with E-state index in [9.17, 15) is 27.5 Å². The number of carbonyl (C=O) groups excluding carboxylic acids is 2. The zero-order valence-electron chi connectivity index (χ0n) is 25.0. The minimum atomic E-state index is -3.76. The molecule has 5 fully saturated rings. The Morgan fingerprint density at radius 3 is 2.11 bits per heavy atom. The van der Waals surface area contributed by atoms with Crippen molar-refractivity contribution in [2.75, 3.05) is 36.8 Å². The van der Waals surface area contributed by atoms with Gasteiger partial charge in [-0.25, -0.2) is 17.5 Å². The predicted octanol–water partition coefficient (Wildman–Crippen LogP) is 4.83. The van der Waals surface area contributed by atoms with Gasteiger partial charge >= 0.3 is 0 Å². The number of pyridine rings is 1. The van der Waals surface area contributed by atoms with E-state index in [1.807, 2.05) is 0 Å². The molecule has 1 saturated heterocycles. The number of nitrogens with one attached hydrogen (secondary N) is 1. The quantitative estimate of drug-likeness (QED) is 0.383. The third kappa shape index (κ3) is 6.14. The van der Waals surface area contributed by atoms with Crippen LogP contribution in [0.1, 0.15) is 59.2 Å². The Kier molecular flexibility index (Phi) is 7.54. The number of sulfonamides is 1. The molecular weight excluding hydrogens is 595 g/mol. The van der Waals surface area contributed by atoms with E-state index < -0.39 is 21.7 Å². The Hall–Kier alpha value is -3.99. The first kappa shape index (κ1) is 29.7. The third-order valence-electron chi connectivity index (χ3n) is 10.2. The third-order valence-corrected chi connectivity index (χ3v) is 11.7. The number of nitrogens with zero attached hydrogens (tertiary/aromatic N) is 3. The van der Waals surface area contributed by atoms with Crippen molar-refractivity contribution in [1.82, 2.24) is 14.6 Å². The highest BCUT2D eigenvalue weighted by Gasteiger charge is 2.52. The molecule has 2 N–H and O–H groups in total. The molecule has 4 aliphatic carbocycles. The second kappa shape index (κ2) is 11.4. The van der Waals surface area contributed by atoms with Crippen molar-refractivity contribution < 1.29 is 27.5 Å². The minimum Gasteiger partial charge on any atom is -0.506 e. The first-order valence-corrected chi connectivity index (χ1v) is 17.3. The van der Waals surface area contributed by atoms with E-state index in [4.69, 9.17) is 0 Å². The van der Waals surface area contributed by atoms with Crippen molar-refractivity contribution >= 4 is 27.5 Å². The molecule has 1 aromatic heterocycles. The van der Waals surface area contributed by atoms with Gasteiger partial charge in [-0.2, -0.15) is 0 Å². The summed E-state index contributed by atoms with van der Waals surface area (Å²) >= 11 is 0. The summed E-state index contributed by atoms with van der Waals surface area (Å²) in [6.45, 7) is 1.96. The Labute approximate surface area is 262 Å². The Morgan fingerprint density at radius 1 is 0.889 bits per heavy atom. The van der Waals surface area contributed by atoms with Crippen molar-refractivity contribution in [2.45, 2.75) is 38.5 Å². The van der Waals surface area contributed by atoms with Crippen molar-refractivity contribution in [3.05, 3.63) is 77.9 Å². The van der Waals surface area contributed by atoms with Crippen LogP contribution in [0.4, 0.5) is 10.1 Å². The summed E-state index contributed by atoms with van der Waals surface area (Å²) in [5.41, 5.74) is 1.88. The molecule has 4 bridgehead atoms. The van der Waals surface area contributed by atoms with Crippen LogP contribution in [-0.2, 0) is 10.0 Å². The molecule has 11 heteroatoms. The maximum atomic E-state index is 14.9. The van der Waals surface area contributed by atoms with Crippen LogP contribution in [0.3, 0.4) is 0 Å². The van der Waals surface area contributed by atoms with E-state index >= 15 is 0 Å². The van der Waals surface area contributed by atoms with Gasteiger partial charge in [-0.15, -0.1) is 0 Å². The maximum absolute atomic E-state index is 14.9. The zero-order valence-corrected chi connectivity index (χ0v) is 25.8. The molecule has 0 atom stereocenters. The molecular formula is C34H37FN4O5S. The second-order valence-electron chi connectivity index (χ2n) is 13.6. The van der Waals surface area contributed by atoms with Crippen LogP contribution in [0.15, 0.2) is 60.9 Å². The number of aromatic hydroxyl groups is 1. The van der Waals surface area contributed by atoms with Crippen LogP contribution in [0.25, 0.3) is 11.1 Å². The van der Waals surface area contributed by atoms with Crippen molar-refractivity contribution in [3.8, 4) is 16.9 Å². The van der Waals surface area contributed by atoms with E-state index in [1.54, 1.807) is 35.2 Å². The van der Waals surface area contributed by atoms with E-state index in [2.05, 4.69) is 14.6 Å². The van der Waals surface area contributed by atoms with Gasteiger partial charge < -0.3 is 14.9 Å². The summed E-state index contributed by atoms with van der Waals surface area (Å²) in [6, 6.07) is 12.6. The molecule has 1 aliphatic heterocycles. The molecule has 3 aromatic rings. The van der Waals surface area contributed by atoms with E-state index in [-0.39, 0.29) is 39.5 Å². The monoisotopic (exact) mass is 632 g/mol. The number of amides is 2. The molecule has 0 unspecified atom stereocenters. The van der Waals surface area contributed by atoms with Gasteiger partial charge in [0.05, 0.1) is 11.9 Å². The highest BCUT2D eigenvalue weighted by Crippen LogP contribution is 2.60. The maximum Gasteiger partial charge on any atom is 0.264 e. The van der Waals surface area contributed by atoms with Gasteiger partial charge in [0.25, 0.3) is 11.8 Å². The summed E-state index contributed by atoms with van der Waals surface area (Å²) in [5, 5.41) is 9.65. The molecule has 5 aliphatic rings. The number of carbonyl (C=O) groups is 2. The number of piperazine rings is 1.